The molecule has 0 saturated heterocycles. The summed E-state index contributed by atoms with van der Waals surface area (Å²) >= 11 is 5.86. The number of carboxylic acid groups (broad SMARTS) is 1. The first-order valence-corrected chi connectivity index (χ1v) is 11.4. The number of aromatic nitrogens is 4. The number of benzene rings is 2. The second kappa shape index (κ2) is 11.2. The van der Waals surface area contributed by atoms with Gasteiger partial charge in [0.25, 0.3) is 0 Å². The van der Waals surface area contributed by atoms with E-state index in [9.17, 15) is 18.0 Å². The molecule has 3 heterocycles. The van der Waals surface area contributed by atoms with Gasteiger partial charge in [-0.1, -0.05) is 35.9 Å². The quantitative estimate of drug-likeness (QED) is 0.233. The molecule has 5 aromatic rings. The molecule has 0 aliphatic carbocycles. The fourth-order valence-electron chi connectivity index (χ4n) is 3.22. The molecule has 0 aliphatic rings. The smallest absolute Gasteiger partial charge is 0.475 e. The van der Waals surface area contributed by atoms with Crippen molar-refractivity contribution in [2.45, 2.75) is 13.1 Å². The summed E-state index contributed by atoms with van der Waals surface area (Å²) < 4.78 is 38.3. The first-order chi connectivity index (χ1) is 18.5. The van der Waals surface area contributed by atoms with Crippen LogP contribution in [0.15, 0.2) is 82.3 Å². The molecule has 39 heavy (non-hydrogen) atoms. The van der Waals surface area contributed by atoms with Crippen LogP contribution in [0.2, 0.25) is 5.15 Å². The van der Waals surface area contributed by atoms with Crippen LogP contribution in [0.25, 0.3) is 22.2 Å². The lowest BCUT2D eigenvalue weighted by atomic mass is 10.1. The van der Waals surface area contributed by atoms with E-state index in [1.54, 1.807) is 30.6 Å². The minimum Gasteiger partial charge on any atom is -0.475 e. The van der Waals surface area contributed by atoms with Gasteiger partial charge in [-0.2, -0.15) is 22.8 Å². The maximum atomic E-state index is 12.3. The van der Waals surface area contributed by atoms with Gasteiger partial charge in [0.1, 0.15) is 10.7 Å². The van der Waals surface area contributed by atoms with Gasteiger partial charge >= 0.3 is 17.9 Å². The molecular formula is C25H18ClF3N6O4. The SMILES string of the molecule is Cc1cnc(Nc2ccc(-c3ccc(Cl)nc3)cc2)nc1Nn1c(=O)oc2ccccc21.O=C(O)C(F)(F)F. The van der Waals surface area contributed by atoms with E-state index in [-0.39, 0.29) is 0 Å². The molecule has 0 amide bonds. The van der Waals surface area contributed by atoms with Gasteiger partial charge < -0.3 is 14.8 Å². The number of anilines is 3. The molecule has 0 radical (unpaired) electrons. The van der Waals surface area contributed by atoms with Crippen molar-refractivity contribution in [3.63, 3.8) is 0 Å². The molecule has 0 atom stereocenters. The van der Waals surface area contributed by atoms with E-state index in [1.807, 2.05) is 49.4 Å². The van der Waals surface area contributed by atoms with E-state index in [2.05, 4.69) is 25.7 Å². The van der Waals surface area contributed by atoms with E-state index in [0.717, 1.165) is 22.4 Å². The Labute approximate surface area is 222 Å². The zero-order valence-corrected chi connectivity index (χ0v) is 20.7. The molecule has 0 saturated carbocycles. The predicted octanol–water partition coefficient (Wildman–Crippen LogP) is 5.66. The van der Waals surface area contributed by atoms with E-state index in [1.165, 1.54) is 4.68 Å². The number of aryl methyl sites for hydroxylation is 1. The van der Waals surface area contributed by atoms with Crippen molar-refractivity contribution in [2.75, 3.05) is 10.7 Å². The third-order valence-electron chi connectivity index (χ3n) is 5.12. The molecule has 14 heteroatoms. The third kappa shape index (κ3) is 6.70. The largest absolute Gasteiger partial charge is 0.490 e. The van der Waals surface area contributed by atoms with E-state index < -0.39 is 17.9 Å². The maximum Gasteiger partial charge on any atom is 0.490 e. The number of para-hydroxylation sites is 2. The number of oxazole rings is 1. The number of aliphatic carboxylic acids is 1. The molecule has 5 rings (SSSR count). The molecule has 0 fully saturated rings. The predicted molar refractivity (Wildman–Crippen MR) is 138 cm³/mol. The van der Waals surface area contributed by atoms with Crippen LogP contribution in [0.5, 0.6) is 0 Å². The van der Waals surface area contributed by atoms with Gasteiger partial charge in [-0.25, -0.2) is 19.6 Å². The first-order valence-electron chi connectivity index (χ1n) is 11.0. The number of carboxylic acids is 1. The summed E-state index contributed by atoms with van der Waals surface area (Å²) in [5, 5.41) is 10.8. The number of alkyl halides is 3. The van der Waals surface area contributed by atoms with Gasteiger partial charge in [-0.15, -0.1) is 0 Å². The van der Waals surface area contributed by atoms with Crippen molar-refractivity contribution < 1.29 is 27.5 Å². The topological polar surface area (TPSA) is 135 Å². The van der Waals surface area contributed by atoms with Crippen molar-refractivity contribution in [1.29, 1.82) is 0 Å². The second-order valence-electron chi connectivity index (χ2n) is 7.88. The van der Waals surface area contributed by atoms with E-state index in [0.29, 0.717) is 28.0 Å². The highest BCUT2D eigenvalue weighted by Gasteiger charge is 2.38. The number of carbonyl (C=O) groups is 1. The fourth-order valence-corrected chi connectivity index (χ4v) is 3.33. The van der Waals surface area contributed by atoms with Gasteiger partial charge in [-0.05, 0) is 48.9 Å². The Bertz CT molecular complexity index is 1670. The average Bonchev–Trinajstić information content (AvgIpc) is 3.21. The van der Waals surface area contributed by atoms with Crippen molar-refractivity contribution in [1.82, 2.24) is 19.6 Å². The monoisotopic (exact) mass is 558 g/mol. The second-order valence-corrected chi connectivity index (χ2v) is 8.27. The zero-order chi connectivity index (χ0) is 28.2. The Balaban J connectivity index is 0.000000448. The Morgan fingerprint density at radius 3 is 2.31 bits per heavy atom. The minimum atomic E-state index is -5.08. The number of fused-ring (bicyclic) bond motifs is 1. The van der Waals surface area contributed by atoms with Gasteiger partial charge in [0.2, 0.25) is 5.95 Å². The number of nitrogens with zero attached hydrogens (tertiary/aromatic N) is 4. The lowest BCUT2D eigenvalue weighted by molar-refractivity contribution is -0.192. The highest BCUT2D eigenvalue weighted by Crippen LogP contribution is 2.24. The Hall–Kier alpha value is -4.91. The van der Waals surface area contributed by atoms with Crippen LogP contribution in [0.3, 0.4) is 0 Å². The van der Waals surface area contributed by atoms with Crippen molar-refractivity contribution in [2.24, 2.45) is 0 Å². The Morgan fingerprint density at radius 1 is 1.00 bits per heavy atom. The van der Waals surface area contributed by atoms with Gasteiger partial charge in [0, 0.05) is 29.2 Å². The van der Waals surface area contributed by atoms with Crippen LogP contribution in [0, 0.1) is 6.92 Å². The standard InChI is InChI=1S/C23H17ClN6O2.C2HF3O2/c1-14-12-26-22(27-17-9-6-15(7-10-17)16-8-11-20(24)25-13-16)28-21(14)29-30-18-4-2-3-5-19(18)32-23(30)31;3-2(4,5)1(6)7/h2-13H,1H3,(H2,26,27,28,29);(H,6,7). The van der Waals surface area contributed by atoms with Gasteiger partial charge in [0.05, 0.1) is 0 Å². The lowest BCUT2D eigenvalue weighted by Crippen LogP contribution is -2.23. The summed E-state index contributed by atoms with van der Waals surface area (Å²) in [7, 11) is 0. The number of hydrogen-bond donors (Lipinski definition) is 3. The molecule has 10 nitrogen and oxygen atoms in total. The third-order valence-corrected chi connectivity index (χ3v) is 5.34. The minimum absolute atomic E-state index is 0.389. The first kappa shape index (κ1) is 27.1. The van der Waals surface area contributed by atoms with Crippen LogP contribution in [0.1, 0.15) is 5.56 Å². The maximum absolute atomic E-state index is 12.3. The van der Waals surface area contributed by atoms with Gasteiger partial charge in [-0.3, -0.25) is 5.43 Å². The van der Waals surface area contributed by atoms with Crippen LogP contribution in [0.4, 0.5) is 30.6 Å². The summed E-state index contributed by atoms with van der Waals surface area (Å²) in [5.74, 6) is -2.40. The summed E-state index contributed by atoms with van der Waals surface area (Å²) in [6.07, 6.45) is -1.67. The normalized spacial score (nSPS) is 11.0. The number of hydrogen-bond acceptors (Lipinski definition) is 8. The van der Waals surface area contributed by atoms with Crippen LogP contribution in [-0.4, -0.2) is 36.9 Å². The Kier molecular flexibility index (Phi) is 7.81. The van der Waals surface area contributed by atoms with Crippen LogP contribution < -0.4 is 16.5 Å². The van der Waals surface area contributed by atoms with E-state index in [4.69, 9.17) is 25.9 Å². The number of halogens is 4. The van der Waals surface area contributed by atoms with Crippen molar-refractivity contribution >= 4 is 46.1 Å². The molecule has 0 unspecified atom stereocenters. The number of nitrogens with one attached hydrogen (secondary N) is 2. The zero-order valence-electron chi connectivity index (χ0n) is 19.9. The summed E-state index contributed by atoms with van der Waals surface area (Å²) in [6.45, 7) is 1.86. The number of rotatable bonds is 5. The molecule has 3 aromatic heterocycles. The van der Waals surface area contributed by atoms with Crippen LogP contribution >= 0.6 is 11.6 Å². The molecule has 200 valence electrons. The van der Waals surface area contributed by atoms with Crippen molar-refractivity contribution in [3.05, 3.63) is 94.3 Å². The fraction of sp³-hybridized carbons (Fsp3) is 0.0800. The van der Waals surface area contributed by atoms with Gasteiger partial charge in [0.15, 0.2) is 11.4 Å². The van der Waals surface area contributed by atoms with Crippen molar-refractivity contribution in [3.8, 4) is 11.1 Å². The summed E-state index contributed by atoms with van der Waals surface area (Å²) in [6, 6.07) is 18.6. The summed E-state index contributed by atoms with van der Waals surface area (Å²) in [5.41, 5.74) is 7.71. The molecule has 0 bridgehead atoms. The lowest BCUT2D eigenvalue weighted by Gasteiger charge is -2.11. The van der Waals surface area contributed by atoms with E-state index >= 15 is 0 Å². The molecule has 0 aliphatic heterocycles. The molecule has 3 N–H and O–H groups in total. The number of pyridine rings is 1. The molecule has 2 aromatic carbocycles. The molecule has 0 spiro atoms. The Morgan fingerprint density at radius 2 is 1.67 bits per heavy atom. The summed E-state index contributed by atoms with van der Waals surface area (Å²) in [4.78, 5) is 34.1. The highest BCUT2D eigenvalue weighted by molar-refractivity contribution is 6.29. The average molecular weight is 559 g/mol. The highest BCUT2D eigenvalue weighted by atomic mass is 35.5. The molecular weight excluding hydrogens is 541 g/mol. The van der Waals surface area contributed by atoms with Crippen LogP contribution in [-0.2, 0) is 4.79 Å².